The van der Waals surface area contributed by atoms with Gasteiger partial charge in [-0.15, -0.1) is 0 Å². The topological polar surface area (TPSA) is 35.2 Å². The van der Waals surface area contributed by atoms with Crippen molar-refractivity contribution in [2.24, 2.45) is 17.1 Å². The van der Waals surface area contributed by atoms with Crippen LogP contribution in [0.15, 0.2) is 24.3 Å². The van der Waals surface area contributed by atoms with Gasteiger partial charge in [0.1, 0.15) is 5.75 Å². The fourth-order valence-corrected chi connectivity index (χ4v) is 2.59. The maximum atomic E-state index is 6.46. The lowest BCUT2D eigenvalue weighted by atomic mass is 9.57. The summed E-state index contributed by atoms with van der Waals surface area (Å²) in [7, 11) is 1.69. The predicted octanol–water partition coefficient (Wildman–Crippen LogP) is 3.31. The molecule has 2 rings (SSSR count). The molecule has 2 heteroatoms. The van der Waals surface area contributed by atoms with E-state index < -0.39 is 0 Å². The van der Waals surface area contributed by atoms with Gasteiger partial charge in [0.05, 0.1) is 7.11 Å². The summed E-state index contributed by atoms with van der Waals surface area (Å²) in [6, 6.07) is 8.18. The van der Waals surface area contributed by atoms with Crippen LogP contribution in [0.3, 0.4) is 0 Å². The molecule has 0 saturated heterocycles. The van der Waals surface area contributed by atoms with Crippen molar-refractivity contribution in [3.8, 4) is 5.75 Å². The summed E-state index contributed by atoms with van der Waals surface area (Å²) in [5, 5.41) is 0. The van der Waals surface area contributed by atoms with E-state index in [4.69, 9.17) is 10.5 Å². The number of benzene rings is 1. The van der Waals surface area contributed by atoms with Crippen molar-refractivity contribution in [2.45, 2.75) is 39.2 Å². The molecular weight excluding hydrogens is 210 g/mol. The first-order chi connectivity index (χ1) is 7.85. The highest BCUT2D eigenvalue weighted by atomic mass is 16.5. The van der Waals surface area contributed by atoms with E-state index in [9.17, 15) is 0 Å². The molecule has 1 aliphatic carbocycles. The smallest absolute Gasteiger partial charge is 0.118 e. The molecular formula is C15H23NO. The molecule has 0 spiro atoms. The van der Waals surface area contributed by atoms with Crippen LogP contribution in [-0.2, 0) is 5.54 Å². The Hall–Kier alpha value is -1.02. The molecule has 0 heterocycles. The fraction of sp³-hybridized carbons (Fsp3) is 0.600. The molecule has 1 aromatic rings. The molecule has 1 saturated carbocycles. The zero-order valence-electron chi connectivity index (χ0n) is 11.3. The van der Waals surface area contributed by atoms with E-state index in [1.54, 1.807) is 7.11 Å². The van der Waals surface area contributed by atoms with Gasteiger partial charge < -0.3 is 10.5 Å². The average Bonchev–Trinajstić information content (AvgIpc) is 2.23. The first-order valence-electron chi connectivity index (χ1n) is 6.28. The van der Waals surface area contributed by atoms with E-state index in [0.717, 1.165) is 24.5 Å². The predicted molar refractivity (Wildman–Crippen MR) is 71.0 cm³/mol. The minimum absolute atomic E-state index is 0.121. The Bertz CT molecular complexity index is 382. The Morgan fingerprint density at radius 1 is 1.18 bits per heavy atom. The summed E-state index contributed by atoms with van der Waals surface area (Å²) in [4.78, 5) is 0. The normalized spacial score (nSPS) is 28.6. The third-order valence-corrected chi connectivity index (χ3v) is 4.11. The highest BCUT2D eigenvalue weighted by molar-refractivity contribution is 5.33. The van der Waals surface area contributed by atoms with Crippen LogP contribution in [0.2, 0.25) is 0 Å². The van der Waals surface area contributed by atoms with Gasteiger partial charge in [-0.3, -0.25) is 0 Å². The number of methoxy groups -OCH3 is 1. The zero-order chi connectivity index (χ0) is 12.7. The molecule has 1 aliphatic rings. The molecule has 94 valence electrons. The van der Waals surface area contributed by atoms with E-state index >= 15 is 0 Å². The lowest BCUT2D eigenvalue weighted by molar-refractivity contribution is 0.0489. The number of hydrogen-bond acceptors (Lipinski definition) is 2. The molecule has 2 nitrogen and oxygen atoms in total. The van der Waals surface area contributed by atoms with Crippen LogP contribution in [0, 0.1) is 11.3 Å². The lowest BCUT2D eigenvalue weighted by Crippen LogP contribution is -2.52. The van der Waals surface area contributed by atoms with Crippen LogP contribution in [0.1, 0.15) is 39.2 Å². The van der Waals surface area contributed by atoms with Crippen LogP contribution in [0.4, 0.5) is 0 Å². The van der Waals surface area contributed by atoms with E-state index in [0.29, 0.717) is 5.41 Å². The van der Waals surface area contributed by atoms with Gasteiger partial charge >= 0.3 is 0 Å². The van der Waals surface area contributed by atoms with Gasteiger partial charge in [0.25, 0.3) is 0 Å². The summed E-state index contributed by atoms with van der Waals surface area (Å²) in [5.41, 5.74) is 7.95. The van der Waals surface area contributed by atoms with Crippen molar-refractivity contribution < 1.29 is 4.74 Å². The molecule has 0 aliphatic heterocycles. The zero-order valence-corrected chi connectivity index (χ0v) is 11.3. The summed E-state index contributed by atoms with van der Waals surface area (Å²) in [6.07, 6.45) is 2.17. The SMILES string of the molecule is COc1ccc(C2(N)CC(C(C)(C)C)C2)cc1. The third kappa shape index (κ3) is 2.32. The molecule has 0 radical (unpaired) electrons. The second-order valence-corrected chi connectivity index (χ2v) is 6.36. The lowest BCUT2D eigenvalue weighted by Gasteiger charge is -2.51. The highest BCUT2D eigenvalue weighted by Gasteiger charge is 2.46. The molecule has 0 amide bonds. The Kier molecular flexibility index (Phi) is 2.94. The second-order valence-electron chi connectivity index (χ2n) is 6.36. The highest BCUT2D eigenvalue weighted by Crippen LogP contribution is 2.51. The molecule has 17 heavy (non-hydrogen) atoms. The van der Waals surface area contributed by atoms with Gasteiger partial charge in [0, 0.05) is 5.54 Å². The third-order valence-electron chi connectivity index (χ3n) is 4.11. The number of hydrogen-bond donors (Lipinski definition) is 1. The van der Waals surface area contributed by atoms with Crippen molar-refractivity contribution in [3.63, 3.8) is 0 Å². The van der Waals surface area contributed by atoms with Crippen molar-refractivity contribution in [1.29, 1.82) is 0 Å². The maximum absolute atomic E-state index is 6.46. The average molecular weight is 233 g/mol. The van der Waals surface area contributed by atoms with Crippen molar-refractivity contribution in [2.75, 3.05) is 7.11 Å². The van der Waals surface area contributed by atoms with Gasteiger partial charge in [-0.1, -0.05) is 32.9 Å². The summed E-state index contributed by atoms with van der Waals surface area (Å²) >= 11 is 0. The Morgan fingerprint density at radius 3 is 2.12 bits per heavy atom. The first-order valence-corrected chi connectivity index (χ1v) is 6.28. The first kappa shape index (κ1) is 12.4. The van der Waals surface area contributed by atoms with Gasteiger partial charge in [0.2, 0.25) is 0 Å². The molecule has 0 unspecified atom stereocenters. The van der Waals surface area contributed by atoms with Crippen LogP contribution >= 0.6 is 0 Å². The largest absolute Gasteiger partial charge is 0.497 e. The molecule has 0 atom stereocenters. The van der Waals surface area contributed by atoms with Crippen molar-refractivity contribution in [1.82, 2.24) is 0 Å². The number of ether oxygens (including phenoxy) is 1. The van der Waals surface area contributed by atoms with Gasteiger partial charge in [-0.2, -0.15) is 0 Å². The second kappa shape index (κ2) is 4.02. The molecule has 0 aromatic heterocycles. The van der Waals surface area contributed by atoms with Gasteiger partial charge in [-0.25, -0.2) is 0 Å². The monoisotopic (exact) mass is 233 g/mol. The maximum Gasteiger partial charge on any atom is 0.118 e. The van der Waals surface area contributed by atoms with E-state index in [1.165, 1.54) is 5.56 Å². The minimum Gasteiger partial charge on any atom is -0.497 e. The van der Waals surface area contributed by atoms with Crippen LogP contribution in [-0.4, -0.2) is 7.11 Å². The minimum atomic E-state index is -0.121. The number of rotatable bonds is 2. The van der Waals surface area contributed by atoms with Crippen molar-refractivity contribution in [3.05, 3.63) is 29.8 Å². The van der Waals surface area contributed by atoms with E-state index in [1.807, 2.05) is 12.1 Å². The Labute approximate surface area is 104 Å². The summed E-state index contributed by atoms with van der Waals surface area (Å²) < 4.78 is 5.17. The number of nitrogens with two attached hydrogens (primary N) is 1. The van der Waals surface area contributed by atoms with Gasteiger partial charge in [-0.05, 0) is 41.9 Å². The Balaban J connectivity index is 2.09. The Morgan fingerprint density at radius 2 is 1.71 bits per heavy atom. The van der Waals surface area contributed by atoms with Crippen molar-refractivity contribution >= 4 is 0 Å². The summed E-state index contributed by atoms with van der Waals surface area (Å²) in [6.45, 7) is 6.89. The van der Waals surface area contributed by atoms with Gasteiger partial charge in [0.15, 0.2) is 0 Å². The molecule has 1 fully saturated rings. The quantitative estimate of drug-likeness (QED) is 0.850. The summed E-state index contributed by atoms with van der Waals surface area (Å²) in [5.74, 6) is 1.62. The van der Waals surface area contributed by atoms with Crippen LogP contribution < -0.4 is 10.5 Å². The van der Waals surface area contributed by atoms with E-state index in [2.05, 4.69) is 32.9 Å². The van der Waals surface area contributed by atoms with E-state index in [-0.39, 0.29) is 5.54 Å². The molecule has 0 bridgehead atoms. The molecule has 2 N–H and O–H groups in total. The molecule has 1 aromatic carbocycles. The fourth-order valence-electron chi connectivity index (χ4n) is 2.59. The standard InChI is InChI=1S/C15H23NO/c1-14(2,3)12-9-15(16,10-12)11-5-7-13(17-4)8-6-11/h5-8,12H,9-10,16H2,1-4H3. The van der Waals surface area contributed by atoms with Crippen LogP contribution in [0.25, 0.3) is 0 Å². The van der Waals surface area contributed by atoms with Crippen LogP contribution in [0.5, 0.6) is 5.75 Å².